The van der Waals surface area contributed by atoms with Crippen molar-refractivity contribution in [3.63, 3.8) is 0 Å². The van der Waals surface area contributed by atoms with Crippen molar-refractivity contribution >= 4 is 17.6 Å². The van der Waals surface area contributed by atoms with E-state index in [0.717, 1.165) is 6.61 Å². The van der Waals surface area contributed by atoms with Gasteiger partial charge in [0, 0.05) is 6.42 Å². The Bertz CT molecular complexity index is 28.1. The summed E-state index contributed by atoms with van der Waals surface area (Å²) in [4.78, 5) is 0. The van der Waals surface area contributed by atoms with Crippen LogP contribution in [0.5, 0.6) is 0 Å². The monoisotopic (exact) mass is 89.0 g/mol. The molecule has 0 heterocycles. The molecule has 0 aromatic rings. The van der Waals surface area contributed by atoms with Gasteiger partial charge >= 0.3 is 0 Å². The van der Waals surface area contributed by atoms with Crippen molar-refractivity contribution in [2.75, 3.05) is 0 Å². The van der Waals surface area contributed by atoms with Crippen LogP contribution in [0.25, 0.3) is 0 Å². The minimum atomic E-state index is 0.509. The Kier molecular flexibility index (Phi) is 4.09. The second-order valence-corrected chi connectivity index (χ2v) is 0.918. The van der Waals surface area contributed by atoms with Gasteiger partial charge in [0.25, 0.3) is 0 Å². The van der Waals surface area contributed by atoms with Crippen molar-refractivity contribution in [2.24, 2.45) is 0 Å². The maximum absolute atomic E-state index is 7.84. The van der Waals surface area contributed by atoms with Crippen LogP contribution in [-0.2, 0) is 0 Å². The van der Waals surface area contributed by atoms with Gasteiger partial charge in [-0.2, -0.15) is 0 Å². The summed E-state index contributed by atoms with van der Waals surface area (Å²) in [5, 5.41) is 9.30. The summed E-state index contributed by atoms with van der Waals surface area (Å²) in [6.45, 7) is 1.02. The van der Waals surface area contributed by atoms with Crippen LogP contribution in [0.2, 0.25) is 0 Å². The van der Waals surface area contributed by atoms with E-state index in [4.69, 9.17) is 5.11 Å². The zero-order chi connectivity index (χ0) is 4.12. The smallest absolute Gasteiger partial charge is 0.0844 e. The summed E-state index contributed by atoms with van der Waals surface area (Å²) in [5.74, 6) is 0. The summed E-state index contributed by atoms with van der Waals surface area (Å²) in [6.07, 6.45) is 0.509. The van der Waals surface area contributed by atoms with Gasteiger partial charge in [-0.1, -0.05) is 12.2 Å². The van der Waals surface area contributed by atoms with Gasteiger partial charge in [-0.05, 0) is 5.37 Å². The molecule has 0 spiro atoms. The SMILES string of the molecule is O[CH]CC=S. The van der Waals surface area contributed by atoms with Crippen LogP contribution in [0.4, 0.5) is 0 Å². The van der Waals surface area contributed by atoms with Gasteiger partial charge in [0.1, 0.15) is 0 Å². The molecule has 0 unspecified atom stereocenters. The number of hydrogen-bond acceptors (Lipinski definition) is 2. The minimum absolute atomic E-state index is 0.509. The molecule has 0 amide bonds. The highest BCUT2D eigenvalue weighted by atomic mass is 32.1. The maximum Gasteiger partial charge on any atom is 0.0844 e. The molecule has 1 nitrogen and oxygen atoms in total. The van der Waals surface area contributed by atoms with Gasteiger partial charge < -0.3 is 5.11 Å². The largest absolute Gasteiger partial charge is 0.390 e. The second-order valence-electron chi connectivity index (χ2n) is 0.585. The van der Waals surface area contributed by atoms with Gasteiger partial charge in [-0.25, -0.2) is 0 Å². The molecule has 0 aromatic carbocycles. The van der Waals surface area contributed by atoms with E-state index in [-0.39, 0.29) is 0 Å². The predicted octanol–water partition coefficient (Wildman–Crippen LogP) is 0.910. The van der Waals surface area contributed by atoms with Crippen molar-refractivity contribution < 1.29 is 5.11 Å². The lowest BCUT2D eigenvalue weighted by atomic mass is 10.5. The summed E-state index contributed by atoms with van der Waals surface area (Å²) < 4.78 is 0. The molecule has 0 bridgehead atoms. The summed E-state index contributed by atoms with van der Waals surface area (Å²) in [7, 11) is 0. The van der Waals surface area contributed by atoms with Crippen molar-refractivity contribution in [3.8, 4) is 0 Å². The first kappa shape index (κ1) is 5.05. The molecule has 0 rings (SSSR count). The number of aliphatic hydroxyl groups excluding tert-OH is 1. The number of rotatable bonds is 2. The molecule has 0 saturated carbocycles. The highest BCUT2D eigenvalue weighted by Gasteiger charge is 1.65. The van der Waals surface area contributed by atoms with E-state index in [1.807, 2.05) is 0 Å². The first-order chi connectivity index (χ1) is 2.41. The Labute approximate surface area is 36.6 Å². The highest BCUT2D eigenvalue weighted by Crippen LogP contribution is 1.70. The molecule has 0 fully saturated rings. The van der Waals surface area contributed by atoms with Crippen LogP contribution in [0.15, 0.2) is 0 Å². The Morgan fingerprint density at radius 2 is 2.40 bits per heavy atom. The van der Waals surface area contributed by atoms with Crippen LogP contribution >= 0.6 is 12.2 Å². The molecular weight excluding hydrogens is 84.1 g/mol. The zero-order valence-electron chi connectivity index (χ0n) is 2.72. The third kappa shape index (κ3) is 4.05. The van der Waals surface area contributed by atoms with E-state index in [1.54, 1.807) is 0 Å². The topological polar surface area (TPSA) is 20.2 Å². The zero-order valence-corrected chi connectivity index (χ0v) is 3.53. The fourth-order valence-electron chi connectivity index (χ4n) is 0.0430. The summed E-state index contributed by atoms with van der Waals surface area (Å²) >= 11 is 4.33. The van der Waals surface area contributed by atoms with Gasteiger partial charge in [-0.3, -0.25) is 0 Å². The lowest BCUT2D eigenvalue weighted by Crippen LogP contribution is -1.67. The first-order valence-corrected chi connectivity index (χ1v) is 1.78. The molecule has 0 aliphatic rings. The standard InChI is InChI=1S/C3H5OS/c4-2-1-3-5/h2-4H,1H2. The van der Waals surface area contributed by atoms with Gasteiger partial charge in [0.05, 0.1) is 6.61 Å². The Morgan fingerprint density at radius 1 is 1.80 bits per heavy atom. The van der Waals surface area contributed by atoms with Crippen LogP contribution < -0.4 is 0 Å². The van der Waals surface area contributed by atoms with E-state index in [9.17, 15) is 0 Å². The normalized spacial score (nSPS) is 7.40. The second kappa shape index (κ2) is 4.05. The highest BCUT2D eigenvalue weighted by molar-refractivity contribution is 7.78. The van der Waals surface area contributed by atoms with Crippen molar-refractivity contribution in [1.29, 1.82) is 0 Å². The molecule has 2 heteroatoms. The molecule has 1 radical (unpaired) electrons. The lowest BCUT2D eigenvalue weighted by Gasteiger charge is -1.70. The minimum Gasteiger partial charge on any atom is -0.390 e. The summed E-state index contributed by atoms with van der Waals surface area (Å²) in [5.41, 5.74) is 0. The molecule has 1 N–H and O–H groups in total. The van der Waals surface area contributed by atoms with Gasteiger partial charge in [0.15, 0.2) is 0 Å². The fourth-order valence-corrected chi connectivity index (χ4v) is 0.129. The molecule has 0 aliphatic heterocycles. The van der Waals surface area contributed by atoms with E-state index in [0.29, 0.717) is 6.42 Å². The quantitative estimate of drug-likeness (QED) is 0.507. The Morgan fingerprint density at radius 3 is 2.40 bits per heavy atom. The molecule has 29 valence electrons. The molecule has 0 aromatic heterocycles. The average molecular weight is 89.1 g/mol. The van der Waals surface area contributed by atoms with Crippen molar-refractivity contribution in [2.45, 2.75) is 6.42 Å². The van der Waals surface area contributed by atoms with E-state index in [2.05, 4.69) is 12.2 Å². The predicted molar refractivity (Wildman–Crippen MR) is 24.5 cm³/mol. The molecule has 0 atom stereocenters. The Hall–Kier alpha value is 0.0500. The average Bonchev–Trinajstić information content (AvgIpc) is 1.41. The van der Waals surface area contributed by atoms with E-state index >= 15 is 0 Å². The molecule has 0 aliphatic carbocycles. The van der Waals surface area contributed by atoms with E-state index in [1.165, 1.54) is 5.37 Å². The maximum atomic E-state index is 7.84. The summed E-state index contributed by atoms with van der Waals surface area (Å²) in [6, 6.07) is 0. The number of thiocarbonyl (C=S) groups is 1. The fraction of sp³-hybridized carbons (Fsp3) is 0.333. The van der Waals surface area contributed by atoms with Crippen LogP contribution in [-0.4, -0.2) is 10.5 Å². The van der Waals surface area contributed by atoms with Crippen molar-refractivity contribution in [3.05, 3.63) is 6.61 Å². The number of hydrogen-bond donors (Lipinski definition) is 1. The van der Waals surface area contributed by atoms with Gasteiger partial charge in [-0.15, -0.1) is 0 Å². The number of aliphatic hydroxyl groups is 1. The Balaban J connectivity index is 2.40. The lowest BCUT2D eigenvalue weighted by molar-refractivity contribution is 0.393. The molecular formula is C3H5OS. The van der Waals surface area contributed by atoms with Crippen LogP contribution in [0.3, 0.4) is 0 Å². The van der Waals surface area contributed by atoms with E-state index < -0.39 is 0 Å². The third-order valence-corrected chi connectivity index (χ3v) is 0.394. The molecule has 5 heavy (non-hydrogen) atoms. The first-order valence-electron chi connectivity index (χ1n) is 1.31. The third-order valence-electron chi connectivity index (χ3n) is 0.202. The molecule has 0 saturated heterocycles. The van der Waals surface area contributed by atoms with Crippen molar-refractivity contribution in [1.82, 2.24) is 0 Å². The van der Waals surface area contributed by atoms with Crippen LogP contribution in [0, 0.1) is 6.61 Å². The van der Waals surface area contributed by atoms with Gasteiger partial charge in [0.2, 0.25) is 0 Å². The van der Waals surface area contributed by atoms with Crippen LogP contribution in [0.1, 0.15) is 6.42 Å².